The van der Waals surface area contributed by atoms with Crippen LogP contribution in [-0.4, -0.2) is 62.0 Å². The van der Waals surface area contributed by atoms with Crippen LogP contribution in [0.3, 0.4) is 0 Å². The van der Waals surface area contributed by atoms with E-state index in [0.29, 0.717) is 37.0 Å². The number of esters is 1. The van der Waals surface area contributed by atoms with E-state index in [-0.39, 0.29) is 24.8 Å². The molecule has 2 aromatic rings. The largest absolute Gasteiger partial charge is 0.493 e. The van der Waals surface area contributed by atoms with E-state index in [4.69, 9.17) is 14.2 Å². The van der Waals surface area contributed by atoms with Crippen molar-refractivity contribution < 1.29 is 28.5 Å². The normalized spacial score (nSPS) is 17.5. The molecular weight excluding hydrogens is 413 g/mol. The number of para-hydroxylation sites is 1. The van der Waals surface area contributed by atoms with E-state index in [0.717, 1.165) is 31.5 Å². The predicted octanol–water partition coefficient (Wildman–Crippen LogP) is 3.46. The molecule has 0 amide bonds. The van der Waals surface area contributed by atoms with Crippen LogP contribution in [0.5, 0.6) is 11.5 Å². The average molecular weight is 446 g/mol. The molecule has 1 N–H and O–H groups in total. The van der Waals surface area contributed by atoms with Gasteiger partial charge in [-0.2, -0.15) is 0 Å². The number of piperidine rings is 1. The lowest BCUT2D eigenvalue weighted by Crippen LogP contribution is -2.43. The fraction of sp³-hybridized carbons (Fsp3) is 0.480. The second-order valence-corrected chi connectivity index (χ2v) is 8.18. The van der Waals surface area contributed by atoms with Crippen LogP contribution in [0.4, 0.5) is 4.39 Å². The lowest BCUT2D eigenvalue weighted by molar-refractivity contribution is -0.140. The van der Waals surface area contributed by atoms with Gasteiger partial charge in [0.15, 0.2) is 0 Å². The Morgan fingerprint density at radius 3 is 2.75 bits per heavy atom. The van der Waals surface area contributed by atoms with Crippen LogP contribution in [0.2, 0.25) is 0 Å². The minimum Gasteiger partial charge on any atom is -0.493 e. The Morgan fingerprint density at radius 2 is 1.97 bits per heavy atom. The number of nitrogens with zero attached hydrogens (tertiary/aromatic N) is 1. The highest BCUT2D eigenvalue weighted by Gasteiger charge is 2.23. The standard InChI is InChI=1S/C25H32FNO5/c1-30-25(29)13-8-20-6-2-3-7-24(20)32-18-22(28)16-27-14-4-5-19(15-27)17-31-23-11-9-21(26)10-12-23/h2-3,6-7,9-12,19,22,28H,4-5,8,13-18H2,1H3. The summed E-state index contributed by atoms with van der Waals surface area (Å²) in [6.45, 7) is 3.05. The molecule has 1 fully saturated rings. The van der Waals surface area contributed by atoms with Gasteiger partial charge < -0.3 is 24.2 Å². The number of rotatable bonds is 11. The third-order valence-electron chi connectivity index (χ3n) is 5.60. The number of aliphatic hydroxyl groups is 1. The molecule has 6 nitrogen and oxygen atoms in total. The summed E-state index contributed by atoms with van der Waals surface area (Å²) in [6, 6.07) is 13.6. The summed E-state index contributed by atoms with van der Waals surface area (Å²) in [4.78, 5) is 13.7. The first kappa shape index (κ1) is 24.0. The van der Waals surface area contributed by atoms with Crippen LogP contribution in [0.15, 0.2) is 48.5 Å². The first-order valence-electron chi connectivity index (χ1n) is 11.1. The topological polar surface area (TPSA) is 68.2 Å². The van der Waals surface area contributed by atoms with Crippen molar-refractivity contribution in [3.63, 3.8) is 0 Å². The molecule has 3 rings (SSSR count). The summed E-state index contributed by atoms with van der Waals surface area (Å²) < 4.78 is 29.4. The average Bonchev–Trinajstić information content (AvgIpc) is 2.81. The number of aryl methyl sites for hydroxylation is 1. The smallest absolute Gasteiger partial charge is 0.305 e. The quantitative estimate of drug-likeness (QED) is 0.535. The maximum atomic E-state index is 13.0. The van der Waals surface area contributed by atoms with Crippen molar-refractivity contribution in [1.29, 1.82) is 0 Å². The van der Waals surface area contributed by atoms with Gasteiger partial charge in [-0.05, 0) is 61.7 Å². The highest BCUT2D eigenvalue weighted by Crippen LogP contribution is 2.21. The summed E-state index contributed by atoms with van der Waals surface area (Å²) in [6.07, 6.45) is 2.30. The number of likely N-dealkylation sites (tertiary alicyclic amines) is 1. The molecule has 0 aromatic heterocycles. The molecule has 7 heteroatoms. The molecule has 0 spiro atoms. The molecule has 0 bridgehead atoms. The number of aliphatic hydroxyl groups excluding tert-OH is 1. The fourth-order valence-electron chi connectivity index (χ4n) is 3.92. The Bertz CT molecular complexity index is 844. The summed E-state index contributed by atoms with van der Waals surface area (Å²) in [5.74, 6) is 1.18. The summed E-state index contributed by atoms with van der Waals surface area (Å²) in [5, 5.41) is 10.5. The molecule has 2 unspecified atom stereocenters. The van der Waals surface area contributed by atoms with Gasteiger partial charge in [-0.25, -0.2) is 4.39 Å². The van der Waals surface area contributed by atoms with Gasteiger partial charge >= 0.3 is 5.97 Å². The molecule has 2 aromatic carbocycles. The fourth-order valence-corrected chi connectivity index (χ4v) is 3.92. The Balaban J connectivity index is 1.42. The van der Waals surface area contributed by atoms with Crippen molar-refractivity contribution in [2.75, 3.05) is 40.0 Å². The van der Waals surface area contributed by atoms with E-state index < -0.39 is 6.10 Å². The van der Waals surface area contributed by atoms with Crippen LogP contribution in [0, 0.1) is 11.7 Å². The molecule has 174 valence electrons. The number of ether oxygens (including phenoxy) is 3. The number of methoxy groups -OCH3 is 1. The number of hydrogen-bond acceptors (Lipinski definition) is 6. The van der Waals surface area contributed by atoms with E-state index >= 15 is 0 Å². The van der Waals surface area contributed by atoms with Gasteiger partial charge in [0.1, 0.15) is 30.0 Å². The van der Waals surface area contributed by atoms with Gasteiger partial charge in [0.05, 0.1) is 13.7 Å². The third kappa shape index (κ3) is 7.80. The van der Waals surface area contributed by atoms with Crippen LogP contribution in [0.1, 0.15) is 24.8 Å². The van der Waals surface area contributed by atoms with Crippen molar-refractivity contribution in [2.45, 2.75) is 31.8 Å². The van der Waals surface area contributed by atoms with Crippen molar-refractivity contribution in [3.05, 3.63) is 59.9 Å². The van der Waals surface area contributed by atoms with E-state index in [1.54, 1.807) is 12.1 Å². The second kappa shape index (κ2) is 12.4. The molecular formula is C25H32FNO5. The molecule has 1 heterocycles. The Hall–Kier alpha value is -2.64. The van der Waals surface area contributed by atoms with Gasteiger partial charge in [-0.3, -0.25) is 4.79 Å². The van der Waals surface area contributed by atoms with E-state index in [1.807, 2.05) is 24.3 Å². The second-order valence-electron chi connectivity index (χ2n) is 8.18. The Morgan fingerprint density at radius 1 is 1.19 bits per heavy atom. The summed E-state index contributed by atoms with van der Waals surface area (Å²) in [5.41, 5.74) is 0.918. The predicted molar refractivity (Wildman–Crippen MR) is 119 cm³/mol. The third-order valence-corrected chi connectivity index (χ3v) is 5.60. The zero-order valence-electron chi connectivity index (χ0n) is 18.5. The lowest BCUT2D eigenvalue weighted by Gasteiger charge is -2.33. The maximum Gasteiger partial charge on any atom is 0.305 e. The zero-order chi connectivity index (χ0) is 22.8. The molecule has 32 heavy (non-hydrogen) atoms. The van der Waals surface area contributed by atoms with Gasteiger partial charge in [-0.1, -0.05) is 18.2 Å². The van der Waals surface area contributed by atoms with Crippen LogP contribution in [-0.2, 0) is 16.0 Å². The van der Waals surface area contributed by atoms with Gasteiger partial charge in [0.2, 0.25) is 0 Å². The first-order valence-corrected chi connectivity index (χ1v) is 11.1. The number of halogens is 1. The zero-order valence-corrected chi connectivity index (χ0v) is 18.5. The van der Waals surface area contributed by atoms with Crippen molar-refractivity contribution in [1.82, 2.24) is 4.90 Å². The Labute approximate surface area is 188 Å². The SMILES string of the molecule is COC(=O)CCc1ccccc1OCC(O)CN1CCCC(COc2ccc(F)cc2)C1. The molecule has 0 radical (unpaired) electrons. The Kier molecular flexibility index (Phi) is 9.31. The summed E-state index contributed by atoms with van der Waals surface area (Å²) >= 11 is 0. The number of benzene rings is 2. The minimum absolute atomic E-state index is 0.183. The minimum atomic E-state index is -0.625. The monoisotopic (exact) mass is 445 g/mol. The van der Waals surface area contributed by atoms with Gasteiger partial charge in [0.25, 0.3) is 0 Å². The lowest BCUT2D eigenvalue weighted by atomic mass is 9.98. The highest BCUT2D eigenvalue weighted by molar-refractivity contribution is 5.69. The molecule has 1 aliphatic rings. The molecule has 1 saturated heterocycles. The first-order chi connectivity index (χ1) is 15.5. The van der Waals surface area contributed by atoms with Crippen molar-refractivity contribution >= 4 is 5.97 Å². The van der Waals surface area contributed by atoms with Crippen molar-refractivity contribution in [3.8, 4) is 11.5 Å². The van der Waals surface area contributed by atoms with E-state index in [1.165, 1.54) is 19.2 Å². The number of hydrogen-bond donors (Lipinski definition) is 1. The van der Waals surface area contributed by atoms with E-state index in [2.05, 4.69) is 4.90 Å². The van der Waals surface area contributed by atoms with Crippen LogP contribution >= 0.6 is 0 Å². The van der Waals surface area contributed by atoms with Gasteiger partial charge in [-0.15, -0.1) is 0 Å². The number of carbonyl (C=O) groups is 1. The molecule has 0 saturated carbocycles. The van der Waals surface area contributed by atoms with Gasteiger partial charge in [0, 0.05) is 25.4 Å². The molecule has 0 aliphatic carbocycles. The van der Waals surface area contributed by atoms with Crippen LogP contribution in [0.25, 0.3) is 0 Å². The number of β-amino-alcohol motifs (C(OH)–C–C–N with tert-alkyl or cyclic N) is 1. The summed E-state index contributed by atoms with van der Waals surface area (Å²) in [7, 11) is 1.38. The van der Waals surface area contributed by atoms with E-state index in [9.17, 15) is 14.3 Å². The molecule has 2 atom stereocenters. The van der Waals surface area contributed by atoms with Crippen molar-refractivity contribution in [2.24, 2.45) is 5.92 Å². The van der Waals surface area contributed by atoms with Crippen LogP contribution < -0.4 is 9.47 Å². The number of carbonyl (C=O) groups excluding carboxylic acids is 1. The highest BCUT2D eigenvalue weighted by atomic mass is 19.1. The maximum absolute atomic E-state index is 13.0. The molecule has 1 aliphatic heterocycles.